The molecule has 0 radical (unpaired) electrons. The number of sulfonamides is 1. The monoisotopic (exact) mass is 481 g/mol. The summed E-state index contributed by atoms with van der Waals surface area (Å²) in [4.78, 5) is 14.5. The summed E-state index contributed by atoms with van der Waals surface area (Å²) >= 11 is 0. The molecule has 4 rings (SSSR count). The molecule has 3 aromatic rings. The molecule has 34 heavy (non-hydrogen) atoms. The number of ether oxygens (including phenoxy) is 1. The number of likely N-dealkylation sites (tertiary alicyclic amines) is 1. The van der Waals surface area contributed by atoms with E-state index in [1.807, 2.05) is 44.0 Å². The number of carbonyl (C=O) groups is 1. The van der Waals surface area contributed by atoms with Crippen LogP contribution in [0.2, 0.25) is 0 Å². The second kappa shape index (κ2) is 9.72. The van der Waals surface area contributed by atoms with Gasteiger partial charge in [0.2, 0.25) is 0 Å². The maximum atomic E-state index is 12.6. The number of hydrogen-bond acceptors (Lipinski definition) is 5. The largest absolute Gasteiger partial charge is 0.485 e. The number of rotatable bonds is 7. The van der Waals surface area contributed by atoms with Crippen molar-refractivity contribution >= 4 is 27.5 Å². The molecule has 2 aromatic carbocycles. The van der Waals surface area contributed by atoms with E-state index < -0.39 is 15.9 Å². The average Bonchev–Trinajstić information content (AvgIpc) is 3.42. The van der Waals surface area contributed by atoms with E-state index in [-0.39, 0.29) is 17.3 Å². The van der Waals surface area contributed by atoms with Gasteiger partial charge in [-0.25, -0.2) is 0 Å². The van der Waals surface area contributed by atoms with E-state index in [4.69, 9.17) is 9.15 Å². The Balaban J connectivity index is 1.37. The lowest BCUT2D eigenvalue weighted by molar-refractivity contribution is 0.0992. The van der Waals surface area contributed by atoms with E-state index in [0.29, 0.717) is 23.7 Å². The minimum absolute atomic E-state index is 0.0714. The third-order valence-electron chi connectivity index (χ3n) is 5.56. The molecular weight excluding hydrogens is 454 g/mol. The quantitative estimate of drug-likeness (QED) is 0.532. The summed E-state index contributed by atoms with van der Waals surface area (Å²) in [6.45, 7) is 4.98. The molecule has 1 saturated heterocycles. The zero-order valence-electron chi connectivity index (χ0n) is 19.4. The molecule has 1 N–H and O–H groups in total. The van der Waals surface area contributed by atoms with Gasteiger partial charge >= 0.3 is 0 Å². The predicted molar refractivity (Wildman–Crippen MR) is 130 cm³/mol. The highest BCUT2D eigenvalue weighted by molar-refractivity contribution is 7.90. The Morgan fingerprint density at radius 2 is 1.88 bits per heavy atom. The molecule has 1 aliphatic rings. The summed E-state index contributed by atoms with van der Waals surface area (Å²) in [6.07, 6.45) is 1.53. The van der Waals surface area contributed by atoms with Crippen molar-refractivity contribution in [2.45, 2.75) is 38.2 Å². The SMILES string of the molecule is Cc1ccc(OCc2ccc(C(=O)Nc3ccc(S(=O)(=O)/N=C4\CCCN4C)cc3)o2)c(C)c1. The Hall–Kier alpha value is -3.59. The number of benzene rings is 2. The molecule has 0 unspecified atom stereocenters. The van der Waals surface area contributed by atoms with E-state index in [9.17, 15) is 13.2 Å². The van der Waals surface area contributed by atoms with Gasteiger partial charge in [-0.1, -0.05) is 17.7 Å². The minimum atomic E-state index is -3.80. The summed E-state index contributed by atoms with van der Waals surface area (Å²) in [5, 5.41) is 2.71. The van der Waals surface area contributed by atoms with Gasteiger partial charge in [-0.3, -0.25) is 4.79 Å². The second-order valence-corrected chi connectivity index (χ2v) is 9.91. The number of nitrogens with zero attached hydrogens (tertiary/aromatic N) is 2. The maximum absolute atomic E-state index is 12.6. The van der Waals surface area contributed by atoms with Gasteiger partial charge in [0.15, 0.2) is 5.76 Å². The van der Waals surface area contributed by atoms with E-state index in [1.165, 1.54) is 24.3 Å². The Morgan fingerprint density at radius 3 is 2.56 bits per heavy atom. The summed E-state index contributed by atoms with van der Waals surface area (Å²) in [5.41, 5.74) is 2.62. The van der Waals surface area contributed by atoms with Gasteiger partial charge in [-0.2, -0.15) is 8.42 Å². The van der Waals surface area contributed by atoms with E-state index in [0.717, 1.165) is 29.8 Å². The highest BCUT2D eigenvalue weighted by atomic mass is 32.2. The average molecular weight is 482 g/mol. The fourth-order valence-corrected chi connectivity index (χ4v) is 4.79. The van der Waals surface area contributed by atoms with Gasteiger partial charge in [-0.05, 0) is 68.3 Å². The number of carbonyl (C=O) groups excluding carboxylic acids is 1. The normalized spacial score (nSPS) is 15.0. The minimum Gasteiger partial charge on any atom is -0.485 e. The van der Waals surface area contributed by atoms with Gasteiger partial charge in [0.25, 0.3) is 15.9 Å². The van der Waals surface area contributed by atoms with Crippen molar-refractivity contribution in [3.8, 4) is 5.75 Å². The van der Waals surface area contributed by atoms with Crippen LogP contribution in [0.4, 0.5) is 5.69 Å². The van der Waals surface area contributed by atoms with Crippen LogP contribution in [0, 0.1) is 13.8 Å². The number of anilines is 1. The molecule has 9 heteroatoms. The molecule has 0 atom stereocenters. The standard InChI is InChI=1S/C25H27N3O5S/c1-17-6-12-22(18(2)15-17)32-16-20-9-13-23(33-20)25(29)26-19-7-10-21(11-8-19)34(30,31)27-24-5-4-14-28(24)3/h6-13,15H,4-5,14,16H2,1-3H3,(H,26,29)/b27-24+. The molecule has 8 nitrogen and oxygen atoms in total. The lowest BCUT2D eigenvalue weighted by atomic mass is 10.1. The van der Waals surface area contributed by atoms with Crippen LogP contribution in [0.3, 0.4) is 0 Å². The first-order chi connectivity index (χ1) is 16.2. The first-order valence-corrected chi connectivity index (χ1v) is 12.4. The van der Waals surface area contributed by atoms with Crippen molar-refractivity contribution < 1.29 is 22.4 Å². The number of amidine groups is 1. The van der Waals surface area contributed by atoms with Crippen LogP contribution in [-0.2, 0) is 16.6 Å². The third-order valence-corrected chi connectivity index (χ3v) is 6.87. The van der Waals surface area contributed by atoms with Crippen molar-refractivity contribution in [1.29, 1.82) is 0 Å². The Morgan fingerprint density at radius 1 is 1.12 bits per heavy atom. The summed E-state index contributed by atoms with van der Waals surface area (Å²) in [6, 6.07) is 15.1. The van der Waals surface area contributed by atoms with E-state index >= 15 is 0 Å². The highest BCUT2D eigenvalue weighted by Crippen LogP contribution is 2.22. The zero-order valence-corrected chi connectivity index (χ0v) is 20.2. The molecule has 0 bridgehead atoms. The van der Waals surface area contributed by atoms with Crippen molar-refractivity contribution in [3.05, 3.63) is 77.2 Å². The lowest BCUT2D eigenvalue weighted by Crippen LogP contribution is -2.20. The van der Waals surface area contributed by atoms with Gasteiger partial charge in [-0.15, -0.1) is 4.40 Å². The van der Waals surface area contributed by atoms with Crippen LogP contribution in [0.15, 0.2) is 68.3 Å². The van der Waals surface area contributed by atoms with Gasteiger partial charge < -0.3 is 19.4 Å². The van der Waals surface area contributed by atoms with Crippen LogP contribution >= 0.6 is 0 Å². The fraction of sp³-hybridized carbons (Fsp3) is 0.280. The third kappa shape index (κ3) is 5.48. The van der Waals surface area contributed by atoms with Crippen molar-refractivity contribution in [1.82, 2.24) is 4.90 Å². The van der Waals surface area contributed by atoms with Crippen molar-refractivity contribution in [3.63, 3.8) is 0 Å². The predicted octanol–water partition coefficient (Wildman–Crippen LogP) is 4.54. The fourth-order valence-electron chi connectivity index (χ4n) is 3.69. The molecular formula is C25H27N3O5S. The van der Waals surface area contributed by atoms with Crippen LogP contribution in [0.1, 0.15) is 40.3 Å². The van der Waals surface area contributed by atoms with Crippen LogP contribution in [0.5, 0.6) is 5.75 Å². The number of nitrogens with one attached hydrogen (secondary N) is 1. The van der Waals surface area contributed by atoms with Gasteiger partial charge in [0, 0.05) is 25.7 Å². The Labute approximate surface area is 199 Å². The number of furan rings is 1. The summed E-state index contributed by atoms with van der Waals surface area (Å²) in [5.74, 6) is 1.52. The molecule has 1 aromatic heterocycles. The Bertz CT molecular complexity index is 1330. The number of amides is 1. The second-order valence-electron chi connectivity index (χ2n) is 8.31. The first-order valence-electron chi connectivity index (χ1n) is 11.0. The van der Waals surface area contributed by atoms with E-state index in [1.54, 1.807) is 12.1 Å². The van der Waals surface area contributed by atoms with E-state index in [2.05, 4.69) is 9.71 Å². The molecule has 2 heterocycles. The molecule has 1 aliphatic heterocycles. The molecule has 0 spiro atoms. The molecule has 1 amide bonds. The van der Waals surface area contributed by atoms with Crippen LogP contribution < -0.4 is 10.1 Å². The van der Waals surface area contributed by atoms with Crippen molar-refractivity contribution in [2.24, 2.45) is 4.40 Å². The maximum Gasteiger partial charge on any atom is 0.291 e. The van der Waals surface area contributed by atoms with Crippen molar-refractivity contribution in [2.75, 3.05) is 18.9 Å². The highest BCUT2D eigenvalue weighted by Gasteiger charge is 2.20. The van der Waals surface area contributed by atoms with Gasteiger partial charge in [0.1, 0.15) is 24.0 Å². The molecule has 0 aliphatic carbocycles. The topological polar surface area (TPSA) is 101 Å². The lowest BCUT2D eigenvalue weighted by Gasteiger charge is -2.11. The van der Waals surface area contributed by atoms with Crippen LogP contribution in [0.25, 0.3) is 0 Å². The summed E-state index contributed by atoms with van der Waals surface area (Å²) in [7, 11) is -1.98. The van der Waals surface area contributed by atoms with Gasteiger partial charge in [0.05, 0.1) is 4.90 Å². The zero-order chi connectivity index (χ0) is 24.3. The smallest absolute Gasteiger partial charge is 0.291 e. The molecule has 1 fully saturated rings. The van der Waals surface area contributed by atoms with Crippen LogP contribution in [-0.4, -0.2) is 38.7 Å². The number of aryl methyl sites for hydroxylation is 2. The molecule has 0 saturated carbocycles. The first kappa shape index (κ1) is 23.6. The molecule has 178 valence electrons. The summed E-state index contributed by atoms with van der Waals surface area (Å²) < 4.78 is 40.5. The number of hydrogen-bond donors (Lipinski definition) is 1. The Kier molecular flexibility index (Phi) is 6.74.